The van der Waals surface area contributed by atoms with E-state index in [0.717, 1.165) is 11.1 Å². The highest BCUT2D eigenvalue weighted by molar-refractivity contribution is 7.89. The molecule has 0 heterocycles. The van der Waals surface area contributed by atoms with E-state index in [1.54, 1.807) is 54.6 Å². The predicted octanol–water partition coefficient (Wildman–Crippen LogP) is 4.87. The molecule has 0 aliphatic carbocycles. The molecular formula is C29H27ClN2O4S. The summed E-state index contributed by atoms with van der Waals surface area (Å²) in [7, 11) is -3.64. The van der Waals surface area contributed by atoms with E-state index in [1.165, 1.54) is 0 Å². The van der Waals surface area contributed by atoms with E-state index in [9.17, 15) is 18.3 Å². The summed E-state index contributed by atoms with van der Waals surface area (Å²) in [5, 5.41) is 14.1. The summed E-state index contributed by atoms with van der Waals surface area (Å²) in [4.78, 5) is 13.1. The van der Waals surface area contributed by atoms with Gasteiger partial charge in [-0.2, -0.15) is 0 Å². The lowest BCUT2D eigenvalue weighted by molar-refractivity contribution is 0.0949. The van der Waals surface area contributed by atoms with Gasteiger partial charge >= 0.3 is 0 Å². The average molecular weight is 535 g/mol. The molecule has 0 spiro atoms. The highest BCUT2D eigenvalue weighted by atomic mass is 35.5. The fraction of sp³-hybridized carbons (Fsp3) is 0.138. The first-order valence-corrected chi connectivity index (χ1v) is 13.6. The van der Waals surface area contributed by atoms with Crippen molar-refractivity contribution in [1.82, 2.24) is 10.0 Å². The SMILES string of the molecule is O=C(NCCc1ccc(S(=O)(=O)NCc2ccccc2)cc1)c1cc(Cl)ccc1C(O)c1ccccc1. The van der Waals surface area contributed by atoms with Crippen LogP contribution in [0.25, 0.3) is 0 Å². The lowest BCUT2D eigenvalue weighted by Gasteiger charge is -2.16. The second kappa shape index (κ2) is 12.2. The van der Waals surface area contributed by atoms with E-state index in [2.05, 4.69) is 10.0 Å². The van der Waals surface area contributed by atoms with Gasteiger partial charge in [0, 0.05) is 23.7 Å². The van der Waals surface area contributed by atoms with E-state index in [1.807, 2.05) is 48.5 Å². The van der Waals surface area contributed by atoms with Crippen LogP contribution in [0.15, 0.2) is 108 Å². The molecule has 0 saturated heterocycles. The van der Waals surface area contributed by atoms with Gasteiger partial charge in [-0.25, -0.2) is 13.1 Å². The van der Waals surface area contributed by atoms with Crippen molar-refractivity contribution in [2.24, 2.45) is 0 Å². The largest absolute Gasteiger partial charge is 0.384 e. The lowest BCUT2D eigenvalue weighted by Crippen LogP contribution is -2.27. The first-order valence-electron chi connectivity index (χ1n) is 11.8. The van der Waals surface area contributed by atoms with Crippen LogP contribution in [0.3, 0.4) is 0 Å². The summed E-state index contributed by atoms with van der Waals surface area (Å²) >= 11 is 6.13. The first kappa shape index (κ1) is 26.6. The molecule has 0 saturated carbocycles. The molecule has 1 atom stereocenters. The zero-order chi connectivity index (χ0) is 26.3. The molecule has 0 aromatic heterocycles. The third-order valence-corrected chi connectivity index (χ3v) is 7.56. The number of carbonyl (C=O) groups is 1. The van der Waals surface area contributed by atoms with Crippen LogP contribution in [0.2, 0.25) is 5.02 Å². The molecule has 4 rings (SSSR count). The van der Waals surface area contributed by atoms with Crippen molar-refractivity contribution < 1.29 is 18.3 Å². The maximum atomic E-state index is 12.9. The van der Waals surface area contributed by atoms with E-state index >= 15 is 0 Å². The van der Waals surface area contributed by atoms with Crippen molar-refractivity contribution in [1.29, 1.82) is 0 Å². The molecule has 6 nitrogen and oxygen atoms in total. The molecule has 37 heavy (non-hydrogen) atoms. The molecular weight excluding hydrogens is 508 g/mol. The molecule has 190 valence electrons. The summed E-state index contributed by atoms with van der Waals surface area (Å²) in [6.45, 7) is 0.534. The normalized spacial score (nSPS) is 12.2. The number of nitrogens with one attached hydrogen (secondary N) is 2. The van der Waals surface area contributed by atoms with E-state index < -0.39 is 16.1 Å². The molecule has 1 amide bonds. The molecule has 0 radical (unpaired) electrons. The highest BCUT2D eigenvalue weighted by Gasteiger charge is 2.19. The van der Waals surface area contributed by atoms with Crippen molar-refractivity contribution in [3.63, 3.8) is 0 Å². The standard InChI is InChI=1S/C29H27ClN2O4S/c30-24-13-16-26(28(33)23-9-5-2-6-10-23)27(19-24)29(34)31-18-17-21-11-14-25(15-12-21)37(35,36)32-20-22-7-3-1-4-8-22/h1-16,19,28,32-33H,17-18,20H2,(H,31,34). The first-order chi connectivity index (χ1) is 17.8. The van der Waals surface area contributed by atoms with Crippen LogP contribution in [0.5, 0.6) is 0 Å². The fourth-order valence-corrected chi connectivity index (χ4v) is 5.08. The Morgan fingerprint density at radius 3 is 2.16 bits per heavy atom. The topological polar surface area (TPSA) is 95.5 Å². The van der Waals surface area contributed by atoms with E-state index in [0.29, 0.717) is 34.7 Å². The number of rotatable bonds is 10. The molecule has 8 heteroatoms. The number of sulfonamides is 1. The summed E-state index contributed by atoms with van der Waals surface area (Å²) < 4.78 is 27.8. The van der Waals surface area contributed by atoms with E-state index in [-0.39, 0.29) is 17.3 Å². The molecule has 1 unspecified atom stereocenters. The number of hydrogen-bond donors (Lipinski definition) is 3. The molecule has 4 aromatic carbocycles. The minimum atomic E-state index is -3.64. The number of aliphatic hydroxyl groups excluding tert-OH is 1. The third-order valence-electron chi connectivity index (χ3n) is 5.91. The Morgan fingerprint density at radius 1 is 0.838 bits per heavy atom. The van der Waals surface area contributed by atoms with Crippen molar-refractivity contribution in [2.75, 3.05) is 6.54 Å². The monoisotopic (exact) mass is 534 g/mol. The van der Waals surface area contributed by atoms with Gasteiger partial charge in [-0.05, 0) is 52.9 Å². The van der Waals surface area contributed by atoms with Crippen LogP contribution in [0.4, 0.5) is 0 Å². The summed E-state index contributed by atoms with van der Waals surface area (Å²) in [5.41, 5.74) is 3.18. The Morgan fingerprint density at radius 2 is 1.49 bits per heavy atom. The Balaban J connectivity index is 1.36. The molecule has 0 aliphatic rings. The number of amides is 1. The maximum Gasteiger partial charge on any atom is 0.251 e. The summed E-state index contributed by atoms with van der Waals surface area (Å²) in [5.74, 6) is -0.350. The average Bonchev–Trinajstić information content (AvgIpc) is 2.93. The van der Waals surface area contributed by atoms with Crippen LogP contribution in [-0.4, -0.2) is 26.0 Å². The van der Waals surface area contributed by atoms with Gasteiger partial charge in [0.25, 0.3) is 5.91 Å². The third kappa shape index (κ3) is 7.05. The molecule has 0 aliphatic heterocycles. The molecule has 0 fully saturated rings. The van der Waals surface area contributed by atoms with Crippen LogP contribution < -0.4 is 10.0 Å². The van der Waals surface area contributed by atoms with Crippen molar-refractivity contribution in [2.45, 2.75) is 24.0 Å². The molecule has 3 N–H and O–H groups in total. The lowest BCUT2D eigenvalue weighted by atomic mass is 9.96. The Hall–Kier alpha value is -3.49. The minimum Gasteiger partial charge on any atom is -0.384 e. The van der Waals surface area contributed by atoms with Crippen molar-refractivity contribution in [3.8, 4) is 0 Å². The number of carbonyl (C=O) groups excluding carboxylic acids is 1. The quantitative estimate of drug-likeness (QED) is 0.270. The predicted molar refractivity (Wildman–Crippen MR) is 145 cm³/mol. The Labute approximate surface area is 222 Å². The minimum absolute atomic E-state index is 0.176. The van der Waals surface area contributed by atoms with Crippen LogP contribution >= 0.6 is 11.6 Å². The van der Waals surface area contributed by atoms with Crippen molar-refractivity contribution in [3.05, 3.63) is 136 Å². The smallest absolute Gasteiger partial charge is 0.251 e. The molecule has 4 aromatic rings. The second-order valence-corrected chi connectivity index (χ2v) is 10.7. The fourth-order valence-electron chi connectivity index (χ4n) is 3.89. The van der Waals surface area contributed by atoms with Gasteiger partial charge < -0.3 is 10.4 Å². The molecule has 0 bridgehead atoms. The van der Waals surface area contributed by atoms with Gasteiger partial charge in [0.15, 0.2) is 0 Å². The highest BCUT2D eigenvalue weighted by Crippen LogP contribution is 2.27. The van der Waals surface area contributed by atoms with Gasteiger partial charge in [0.05, 0.1) is 4.90 Å². The van der Waals surface area contributed by atoms with Crippen LogP contribution in [0, 0.1) is 0 Å². The summed E-state index contributed by atoms with van der Waals surface area (Å²) in [6.07, 6.45) is -0.468. The maximum absolute atomic E-state index is 12.9. The number of benzene rings is 4. The zero-order valence-corrected chi connectivity index (χ0v) is 21.5. The van der Waals surface area contributed by atoms with Gasteiger partial charge in [-0.15, -0.1) is 0 Å². The number of hydrogen-bond acceptors (Lipinski definition) is 4. The van der Waals surface area contributed by atoms with Crippen LogP contribution in [-0.2, 0) is 23.0 Å². The zero-order valence-electron chi connectivity index (χ0n) is 20.0. The number of halogens is 1. The van der Waals surface area contributed by atoms with Crippen LogP contribution in [0.1, 0.15) is 38.7 Å². The van der Waals surface area contributed by atoms with Gasteiger partial charge in [-0.3, -0.25) is 4.79 Å². The van der Waals surface area contributed by atoms with Gasteiger partial charge in [-0.1, -0.05) is 90.5 Å². The Kier molecular flexibility index (Phi) is 8.74. The number of aliphatic hydroxyl groups is 1. The van der Waals surface area contributed by atoms with E-state index in [4.69, 9.17) is 11.6 Å². The summed E-state index contributed by atoms with van der Waals surface area (Å²) in [6, 6.07) is 29.8. The van der Waals surface area contributed by atoms with Gasteiger partial charge in [0.2, 0.25) is 10.0 Å². The van der Waals surface area contributed by atoms with Gasteiger partial charge in [0.1, 0.15) is 6.10 Å². The Bertz CT molecular complexity index is 1440. The van der Waals surface area contributed by atoms with Crippen molar-refractivity contribution >= 4 is 27.5 Å². The second-order valence-electron chi connectivity index (χ2n) is 8.50.